The van der Waals surface area contributed by atoms with Crippen molar-refractivity contribution in [1.29, 1.82) is 0 Å². The van der Waals surface area contributed by atoms with E-state index in [1.54, 1.807) is 6.07 Å². The van der Waals surface area contributed by atoms with Crippen molar-refractivity contribution >= 4 is 40.0 Å². The Labute approximate surface area is 171 Å². The van der Waals surface area contributed by atoms with Gasteiger partial charge in [-0.2, -0.15) is 0 Å². The molecule has 2 saturated heterocycles. The molecule has 0 bridgehead atoms. The number of amides is 1. The molecule has 4 heterocycles. The van der Waals surface area contributed by atoms with Crippen LogP contribution in [0.3, 0.4) is 0 Å². The number of piperidine rings is 1. The average molecular weight is 415 g/mol. The van der Waals surface area contributed by atoms with Crippen molar-refractivity contribution in [3.63, 3.8) is 0 Å². The third-order valence-electron chi connectivity index (χ3n) is 5.69. The summed E-state index contributed by atoms with van der Waals surface area (Å²) in [5, 5.41) is 7.86. The van der Waals surface area contributed by atoms with Gasteiger partial charge in [0, 0.05) is 35.5 Å². The van der Waals surface area contributed by atoms with Crippen molar-refractivity contribution in [3.8, 4) is 0 Å². The van der Waals surface area contributed by atoms with E-state index in [-0.39, 0.29) is 24.0 Å². The Balaban J connectivity index is 1.28. The highest BCUT2D eigenvalue weighted by Crippen LogP contribution is 2.32. The molecular weight excluding hydrogens is 395 g/mol. The van der Waals surface area contributed by atoms with Crippen molar-refractivity contribution in [3.05, 3.63) is 47.6 Å². The summed E-state index contributed by atoms with van der Waals surface area (Å²) < 4.78 is 13.6. The number of fused-ring (bicyclic) bond motifs is 2. The molecule has 5 rings (SSSR count). The van der Waals surface area contributed by atoms with Gasteiger partial charge in [0.15, 0.2) is 0 Å². The van der Waals surface area contributed by atoms with Crippen LogP contribution in [0.2, 0.25) is 5.02 Å². The second kappa shape index (κ2) is 7.18. The Morgan fingerprint density at radius 1 is 1.21 bits per heavy atom. The summed E-state index contributed by atoms with van der Waals surface area (Å²) in [5.41, 5.74) is 1.31. The van der Waals surface area contributed by atoms with Crippen LogP contribution in [0.4, 0.5) is 15.9 Å². The first-order valence-corrected chi connectivity index (χ1v) is 10.0. The highest BCUT2D eigenvalue weighted by atomic mass is 35.5. The first-order valence-electron chi connectivity index (χ1n) is 9.64. The van der Waals surface area contributed by atoms with Crippen molar-refractivity contribution in [2.75, 3.05) is 17.2 Å². The second-order valence-electron chi connectivity index (χ2n) is 7.62. The molecule has 0 saturated carbocycles. The average Bonchev–Trinajstić information content (AvgIpc) is 3.27. The molecule has 2 fully saturated rings. The van der Waals surface area contributed by atoms with E-state index in [0.717, 1.165) is 29.7 Å². The molecule has 150 valence electrons. The molecule has 3 N–H and O–H groups in total. The van der Waals surface area contributed by atoms with Gasteiger partial charge in [-0.05, 0) is 43.5 Å². The molecule has 0 spiro atoms. The van der Waals surface area contributed by atoms with Gasteiger partial charge in [-0.1, -0.05) is 11.6 Å². The standard InChI is InChI=1S/C20H20ClFN6O/c21-11-5-12(22)7-14(6-11)26-17-8-15-2-1-13(9-28(15)20(17)29)27-19-16-3-4-23-18(16)24-10-25-19/h3-7,10,13,15,17,26H,1-2,8-9H2,(H2,23,24,25,27)/t13-,15-,17+/m1/s1. The van der Waals surface area contributed by atoms with E-state index in [1.165, 1.54) is 18.5 Å². The summed E-state index contributed by atoms with van der Waals surface area (Å²) in [6, 6.07) is 6.12. The van der Waals surface area contributed by atoms with Crippen LogP contribution >= 0.6 is 11.6 Å². The number of aromatic nitrogens is 3. The zero-order valence-corrected chi connectivity index (χ0v) is 16.3. The fourth-order valence-electron chi connectivity index (χ4n) is 4.37. The van der Waals surface area contributed by atoms with E-state index in [1.807, 2.05) is 17.2 Å². The van der Waals surface area contributed by atoms with Gasteiger partial charge in [0.05, 0.1) is 5.39 Å². The van der Waals surface area contributed by atoms with Crippen LogP contribution in [0.25, 0.3) is 11.0 Å². The number of benzene rings is 1. The quantitative estimate of drug-likeness (QED) is 0.609. The summed E-state index contributed by atoms with van der Waals surface area (Å²) >= 11 is 5.93. The number of carbonyl (C=O) groups excluding carboxylic acids is 1. The minimum absolute atomic E-state index is 0.0383. The summed E-state index contributed by atoms with van der Waals surface area (Å²) in [7, 11) is 0. The zero-order chi connectivity index (χ0) is 20.0. The molecule has 3 atom stereocenters. The topological polar surface area (TPSA) is 85.9 Å². The van der Waals surface area contributed by atoms with Crippen molar-refractivity contribution in [2.24, 2.45) is 0 Å². The molecule has 1 amide bonds. The number of aromatic amines is 1. The largest absolute Gasteiger partial charge is 0.373 e. The monoisotopic (exact) mass is 414 g/mol. The van der Waals surface area contributed by atoms with E-state index in [2.05, 4.69) is 25.6 Å². The summed E-state index contributed by atoms with van der Waals surface area (Å²) in [6.07, 6.45) is 5.92. The SMILES string of the molecule is O=C1[C@@H](Nc2cc(F)cc(Cl)c2)C[C@H]2CC[C@@H](Nc3ncnc4[nH]ccc34)CN12. The Bertz CT molecular complexity index is 1050. The van der Waals surface area contributed by atoms with Gasteiger partial charge in [0.25, 0.3) is 0 Å². The molecule has 2 aliphatic rings. The molecule has 7 nitrogen and oxygen atoms in total. The first kappa shape index (κ1) is 18.2. The van der Waals surface area contributed by atoms with Gasteiger partial charge >= 0.3 is 0 Å². The number of H-pyrrole nitrogens is 1. The summed E-state index contributed by atoms with van der Waals surface area (Å²) in [5.74, 6) is 0.389. The molecular formula is C20H20ClFN6O. The normalized spacial score (nSPS) is 24.0. The molecule has 1 aromatic carbocycles. The van der Waals surface area contributed by atoms with Gasteiger partial charge in [0.2, 0.25) is 5.91 Å². The van der Waals surface area contributed by atoms with Crippen LogP contribution in [0.15, 0.2) is 36.8 Å². The van der Waals surface area contributed by atoms with Gasteiger partial charge in [0.1, 0.15) is 29.7 Å². The highest BCUT2D eigenvalue weighted by Gasteiger charge is 2.42. The van der Waals surface area contributed by atoms with Crippen molar-refractivity contribution < 1.29 is 9.18 Å². The molecule has 0 aliphatic carbocycles. The lowest BCUT2D eigenvalue weighted by molar-refractivity contribution is -0.130. The predicted molar refractivity (Wildman–Crippen MR) is 109 cm³/mol. The van der Waals surface area contributed by atoms with Gasteiger partial charge in [-0.15, -0.1) is 0 Å². The van der Waals surface area contributed by atoms with Crippen LogP contribution in [0.5, 0.6) is 0 Å². The number of carbonyl (C=O) groups is 1. The van der Waals surface area contributed by atoms with Gasteiger partial charge < -0.3 is 20.5 Å². The molecule has 3 aromatic rings. The molecule has 0 radical (unpaired) electrons. The van der Waals surface area contributed by atoms with Crippen LogP contribution in [-0.2, 0) is 4.79 Å². The first-order chi connectivity index (χ1) is 14.1. The molecule has 29 heavy (non-hydrogen) atoms. The minimum Gasteiger partial charge on any atom is -0.373 e. The van der Waals surface area contributed by atoms with E-state index in [9.17, 15) is 9.18 Å². The molecule has 9 heteroatoms. The van der Waals surface area contributed by atoms with Crippen LogP contribution in [0, 0.1) is 5.82 Å². The Morgan fingerprint density at radius 2 is 2.10 bits per heavy atom. The highest BCUT2D eigenvalue weighted by molar-refractivity contribution is 6.30. The van der Waals surface area contributed by atoms with E-state index in [0.29, 0.717) is 23.7 Å². The van der Waals surface area contributed by atoms with Crippen LogP contribution < -0.4 is 10.6 Å². The smallest absolute Gasteiger partial charge is 0.245 e. The van der Waals surface area contributed by atoms with Crippen LogP contribution in [-0.4, -0.2) is 50.4 Å². The zero-order valence-electron chi connectivity index (χ0n) is 15.5. The lowest BCUT2D eigenvalue weighted by Gasteiger charge is -2.35. The Hall–Kier alpha value is -2.87. The number of anilines is 2. The number of nitrogens with one attached hydrogen (secondary N) is 3. The van der Waals surface area contributed by atoms with E-state index >= 15 is 0 Å². The molecule has 2 aromatic heterocycles. The second-order valence-corrected chi connectivity index (χ2v) is 8.05. The van der Waals surface area contributed by atoms with Gasteiger partial charge in [-0.25, -0.2) is 14.4 Å². The maximum Gasteiger partial charge on any atom is 0.245 e. The lowest BCUT2D eigenvalue weighted by Crippen LogP contribution is -2.47. The number of halogens is 2. The lowest BCUT2D eigenvalue weighted by atomic mass is 9.98. The fourth-order valence-corrected chi connectivity index (χ4v) is 4.59. The van der Waals surface area contributed by atoms with E-state index in [4.69, 9.17) is 11.6 Å². The van der Waals surface area contributed by atoms with E-state index < -0.39 is 5.82 Å². The predicted octanol–water partition coefficient (Wildman–Crippen LogP) is 3.41. The maximum atomic E-state index is 13.6. The van der Waals surface area contributed by atoms with Crippen molar-refractivity contribution in [1.82, 2.24) is 19.9 Å². The molecule has 2 aliphatic heterocycles. The van der Waals surface area contributed by atoms with Crippen molar-refractivity contribution in [2.45, 2.75) is 37.4 Å². The third-order valence-corrected chi connectivity index (χ3v) is 5.91. The minimum atomic E-state index is -0.423. The fraction of sp³-hybridized carbons (Fsp3) is 0.350. The summed E-state index contributed by atoms with van der Waals surface area (Å²) in [6.45, 7) is 0.613. The Kier molecular flexibility index (Phi) is 4.50. The summed E-state index contributed by atoms with van der Waals surface area (Å²) in [4.78, 5) is 26.5. The number of nitrogens with zero attached hydrogens (tertiary/aromatic N) is 3. The molecule has 0 unspecified atom stereocenters. The maximum absolute atomic E-state index is 13.6. The third kappa shape index (κ3) is 3.48. The number of hydrogen-bond donors (Lipinski definition) is 3. The van der Waals surface area contributed by atoms with Crippen LogP contribution in [0.1, 0.15) is 19.3 Å². The van der Waals surface area contributed by atoms with Gasteiger partial charge in [-0.3, -0.25) is 4.79 Å². The number of rotatable bonds is 4. The Morgan fingerprint density at radius 3 is 2.97 bits per heavy atom. The number of hydrogen-bond acceptors (Lipinski definition) is 5.